The Hall–Kier alpha value is -2.99. The van der Waals surface area contributed by atoms with Crippen molar-refractivity contribution in [2.45, 2.75) is 0 Å². The van der Waals surface area contributed by atoms with E-state index < -0.39 is 0 Å². The first-order valence-corrected chi connectivity index (χ1v) is 8.80. The maximum atomic E-state index is 12.6. The number of methoxy groups -OCH3 is 1. The molecule has 0 saturated carbocycles. The number of rotatable bonds is 7. The highest BCUT2D eigenvalue weighted by atomic mass is 35.5. The number of benzene rings is 2. The standard InChI is InChI=1S/C20H20ClN3O3/c1-24-13-17(19(23-24)16-5-3-4-6-18(16)26-2)20(25)22-11-12-27-15-9-7-14(21)8-10-15/h3-10,13H,11-12H2,1-2H3,(H,22,25). The van der Waals surface area contributed by atoms with E-state index in [-0.39, 0.29) is 5.91 Å². The van der Waals surface area contributed by atoms with Gasteiger partial charge in [-0.1, -0.05) is 23.7 Å². The molecule has 2 aromatic carbocycles. The fraction of sp³-hybridized carbons (Fsp3) is 0.200. The smallest absolute Gasteiger partial charge is 0.255 e. The summed E-state index contributed by atoms with van der Waals surface area (Å²) in [4.78, 5) is 12.6. The first-order valence-electron chi connectivity index (χ1n) is 8.42. The van der Waals surface area contributed by atoms with Gasteiger partial charge in [0.15, 0.2) is 0 Å². The van der Waals surface area contributed by atoms with Gasteiger partial charge in [-0.15, -0.1) is 0 Å². The maximum absolute atomic E-state index is 12.6. The fourth-order valence-electron chi connectivity index (χ4n) is 2.65. The fourth-order valence-corrected chi connectivity index (χ4v) is 2.78. The van der Waals surface area contributed by atoms with Crippen LogP contribution in [-0.2, 0) is 7.05 Å². The number of nitrogens with one attached hydrogen (secondary N) is 1. The number of hydrogen-bond acceptors (Lipinski definition) is 4. The van der Waals surface area contributed by atoms with Crippen LogP contribution in [0.15, 0.2) is 54.7 Å². The molecule has 1 N–H and O–H groups in total. The molecule has 1 amide bonds. The molecule has 0 atom stereocenters. The molecule has 0 saturated heterocycles. The van der Waals surface area contributed by atoms with Crippen molar-refractivity contribution in [1.82, 2.24) is 15.1 Å². The molecular formula is C20H20ClN3O3. The van der Waals surface area contributed by atoms with E-state index in [0.29, 0.717) is 40.9 Å². The first-order chi connectivity index (χ1) is 13.1. The molecule has 6 nitrogen and oxygen atoms in total. The Labute approximate surface area is 162 Å². The lowest BCUT2D eigenvalue weighted by Crippen LogP contribution is -2.28. The van der Waals surface area contributed by atoms with Gasteiger partial charge in [-0.05, 0) is 36.4 Å². The summed E-state index contributed by atoms with van der Waals surface area (Å²) in [5, 5.41) is 7.93. The van der Waals surface area contributed by atoms with Crippen molar-refractivity contribution in [3.8, 4) is 22.8 Å². The van der Waals surface area contributed by atoms with E-state index in [9.17, 15) is 4.79 Å². The molecule has 0 aliphatic heterocycles. The van der Waals surface area contributed by atoms with E-state index in [1.807, 2.05) is 24.3 Å². The van der Waals surface area contributed by atoms with Crippen LogP contribution < -0.4 is 14.8 Å². The average Bonchev–Trinajstić information content (AvgIpc) is 3.08. The summed E-state index contributed by atoms with van der Waals surface area (Å²) in [5.41, 5.74) is 1.82. The summed E-state index contributed by atoms with van der Waals surface area (Å²) >= 11 is 5.84. The van der Waals surface area contributed by atoms with Gasteiger partial charge >= 0.3 is 0 Å². The highest BCUT2D eigenvalue weighted by molar-refractivity contribution is 6.30. The van der Waals surface area contributed by atoms with Gasteiger partial charge in [0.25, 0.3) is 5.91 Å². The summed E-state index contributed by atoms with van der Waals surface area (Å²) in [5.74, 6) is 1.14. The van der Waals surface area contributed by atoms with E-state index >= 15 is 0 Å². The molecule has 3 aromatic rings. The lowest BCUT2D eigenvalue weighted by Gasteiger charge is -2.09. The second-order valence-corrected chi connectivity index (χ2v) is 6.26. The van der Waals surface area contributed by atoms with Crippen molar-refractivity contribution >= 4 is 17.5 Å². The third-order valence-corrected chi connectivity index (χ3v) is 4.16. The molecule has 0 radical (unpaired) electrons. The topological polar surface area (TPSA) is 65.4 Å². The number of carbonyl (C=O) groups is 1. The zero-order chi connectivity index (χ0) is 19.2. The van der Waals surface area contributed by atoms with Crippen LogP contribution in [0.1, 0.15) is 10.4 Å². The minimum atomic E-state index is -0.219. The number of carbonyl (C=O) groups excluding carboxylic acids is 1. The van der Waals surface area contributed by atoms with E-state index in [0.717, 1.165) is 5.56 Å². The third-order valence-electron chi connectivity index (χ3n) is 3.91. The molecule has 0 aliphatic carbocycles. The molecule has 0 aliphatic rings. The molecule has 0 bridgehead atoms. The first kappa shape index (κ1) is 18.8. The van der Waals surface area contributed by atoms with Gasteiger partial charge in [0, 0.05) is 23.8 Å². The summed E-state index contributed by atoms with van der Waals surface area (Å²) < 4.78 is 12.6. The Kier molecular flexibility index (Phi) is 5.98. The lowest BCUT2D eigenvalue weighted by atomic mass is 10.1. The van der Waals surface area contributed by atoms with Crippen molar-refractivity contribution in [3.05, 3.63) is 65.3 Å². The zero-order valence-electron chi connectivity index (χ0n) is 15.1. The number of nitrogens with zero attached hydrogens (tertiary/aromatic N) is 2. The number of ether oxygens (including phenoxy) is 2. The van der Waals surface area contributed by atoms with E-state index in [2.05, 4.69) is 10.4 Å². The minimum Gasteiger partial charge on any atom is -0.496 e. The Bertz CT molecular complexity index is 922. The molecular weight excluding hydrogens is 366 g/mol. The van der Waals surface area contributed by atoms with Crippen molar-refractivity contribution in [2.75, 3.05) is 20.3 Å². The van der Waals surface area contributed by atoms with Crippen LogP contribution in [0.3, 0.4) is 0 Å². The molecule has 0 fully saturated rings. The highest BCUT2D eigenvalue weighted by Gasteiger charge is 2.19. The van der Waals surface area contributed by atoms with Crippen LogP contribution in [0.5, 0.6) is 11.5 Å². The van der Waals surface area contributed by atoms with E-state index in [1.54, 1.807) is 49.3 Å². The summed E-state index contributed by atoms with van der Waals surface area (Å²) in [6.45, 7) is 0.708. The molecule has 0 spiro atoms. The van der Waals surface area contributed by atoms with Gasteiger partial charge in [0.2, 0.25) is 0 Å². The Morgan fingerprint density at radius 3 is 2.67 bits per heavy atom. The van der Waals surface area contributed by atoms with Crippen LogP contribution >= 0.6 is 11.6 Å². The molecule has 27 heavy (non-hydrogen) atoms. The molecule has 3 rings (SSSR count). The number of aryl methyl sites for hydroxylation is 1. The van der Waals surface area contributed by atoms with Crippen LogP contribution in [0.4, 0.5) is 0 Å². The SMILES string of the molecule is COc1ccccc1-c1nn(C)cc1C(=O)NCCOc1ccc(Cl)cc1. The Morgan fingerprint density at radius 1 is 1.19 bits per heavy atom. The van der Waals surface area contributed by atoms with Gasteiger partial charge in [0.1, 0.15) is 23.8 Å². The second kappa shape index (κ2) is 8.60. The molecule has 1 aromatic heterocycles. The molecule has 0 unspecified atom stereocenters. The quantitative estimate of drug-likeness (QED) is 0.631. The normalized spacial score (nSPS) is 10.5. The Balaban J connectivity index is 1.66. The predicted molar refractivity (Wildman–Crippen MR) is 104 cm³/mol. The van der Waals surface area contributed by atoms with Crippen molar-refractivity contribution in [1.29, 1.82) is 0 Å². The van der Waals surface area contributed by atoms with Crippen molar-refractivity contribution in [2.24, 2.45) is 7.05 Å². The van der Waals surface area contributed by atoms with Gasteiger partial charge in [0.05, 0.1) is 19.2 Å². The largest absolute Gasteiger partial charge is 0.496 e. The van der Waals surface area contributed by atoms with E-state index in [4.69, 9.17) is 21.1 Å². The van der Waals surface area contributed by atoms with Crippen LogP contribution in [0, 0.1) is 0 Å². The number of hydrogen-bond donors (Lipinski definition) is 1. The van der Waals surface area contributed by atoms with Gasteiger partial charge < -0.3 is 14.8 Å². The van der Waals surface area contributed by atoms with Crippen molar-refractivity contribution in [3.63, 3.8) is 0 Å². The van der Waals surface area contributed by atoms with Crippen LogP contribution in [-0.4, -0.2) is 35.9 Å². The monoisotopic (exact) mass is 385 g/mol. The Morgan fingerprint density at radius 2 is 1.93 bits per heavy atom. The van der Waals surface area contributed by atoms with E-state index in [1.165, 1.54) is 0 Å². The number of halogens is 1. The van der Waals surface area contributed by atoms with Gasteiger partial charge in [-0.25, -0.2) is 0 Å². The van der Waals surface area contributed by atoms with Gasteiger partial charge in [-0.2, -0.15) is 5.10 Å². The van der Waals surface area contributed by atoms with Gasteiger partial charge in [-0.3, -0.25) is 9.48 Å². The molecule has 1 heterocycles. The maximum Gasteiger partial charge on any atom is 0.255 e. The third kappa shape index (κ3) is 4.60. The summed E-state index contributed by atoms with van der Waals surface area (Å²) in [6, 6.07) is 14.5. The average molecular weight is 386 g/mol. The minimum absolute atomic E-state index is 0.219. The number of amides is 1. The van der Waals surface area contributed by atoms with Crippen LogP contribution in [0.2, 0.25) is 5.02 Å². The molecule has 140 valence electrons. The number of para-hydroxylation sites is 1. The zero-order valence-corrected chi connectivity index (χ0v) is 15.9. The second-order valence-electron chi connectivity index (χ2n) is 5.82. The summed E-state index contributed by atoms with van der Waals surface area (Å²) in [6.07, 6.45) is 1.69. The highest BCUT2D eigenvalue weighted by Crippen LogP contribution is 2.30. The molecule has 7 heteroatoms. The number of aromatic nitrogens is 2. The lowest BCUT2D eigenvalue weighted by molar-refractivity contribution is 0.0947. The van der Waals surface area contributed by atoms with Crippen LogP contribution in [0.25, 0.3) is 11.3 Å². The summed E-state index contributed by atoms with van der Waals surface area (Å²) in [7, 11) is 3.37. The predicted octanol–water partition coefficient (Wildman–Crippen LogP) is 3.56. The van der Waals surface area contributed by atoms with Crippen molar-refractivity contribution < 1.29 is 14.3 Å².